The Bertz CT molecular complexity index is 531. The van der Waals surface area contributed by atoms with Gasteiger partial charge in [-0.25, -0.2) is 4.98 Å². The number of nitrogens with zero attached hydrogens (tertiary/aromatic N) is 2. The van der Waals surface area contributed by atoms with E-state index in [2.05, 4.69) is 40.7 Å². The van der Waals surface area contributed by atoms with Crippen LogP contribution in [0.15, 0.2) is 30.6 Å². The number of hydrogen-bond donors (Lipinski definition) is 1. The van der Waals surface area contributed by atoms with Crippen LogP contribution in [-0.4, -0.2) is 15.4 Å². The predicted molar refractivity (Wildman–Crippen MR) is 74.8 cm³/mol. The Balaban J connectivity index is 1.83. The highest BCUT2D eigenvalue weighted by atomic mass is 15.1. The van der Waals surface area contributed by atoms with Crippen LogP contribution in [0, 0.1) is 11.8 Å². The second kappa shape index (κ2) is 4.63. The van der Waals surface area contributed by atoms with Crippen molar-refractivity contribution in [2.75, 3.05) is 5.32 Å². The van der Waals surface area contributed by atoms with E-state index in [0.717, 1.165) is 17.5 Å². The third kappa shape index (κ3) is 1.88. The second-order valence-electron chi connectivity index (χ2n) is 5.42. The molecule has 1 fully saturated rings. The van der Waals surface area contributed by atoms with Crippen LogP contribution < -0.4 is 5.32 Å². The van der Waals surface area contributed by atoms with Crippen molar-refractivity contribution in [1.29, 1.82) is 0 Å². The summed E-state index contributed by atoms with van der Waals surface area (Å²) in [6.45, 7) is 4.69. The van der Waals surface area contributed by atoms with Gasteiger partial charge in [0.15, 0.2) is 0 Å². The van der Waals surface area contributed by atoms with Crippen molar-refractivity contribution in [1.82, 2.24) is 9.38 Å². The number of pyridine rings is 1. The van der Waals surface area contributed by atoms with Crippen LogP contribution in [0.25, 0.3) is 5.65 Å². The average Bonchev–Trinajstić information content (AvgIpc) is 2.98. The summed E-state index contributed by atoms with van der Waals surface area (Å²) in [4.78, 5) is 4.33. The molecular formula is C15H21N3. The molecular weight excluding hydrogens is 222 g/mol. The summed E-state index contributed by atoms with van der Waals surface area (Å²) in [6.07, 6.45) is 7.82. The lowest BCUT2D eigenvalue weighted by molar-refractivity contribution is 0.391. The number of nitrogens with one attached hydrogen (secondary N) is 1. The van der Waals surface area contributed by atoms with Crippen molar-refractivity contribution >= 4 is 11.5 Å². The lowest BCUT2D eigenvalue weighted by Gasteiger charge is -2.22. The van der Waals surface area contributed by atoms with Crippen molar-refractivity contribution < 1.29 is 0 Å². The van der Waals surface area contributed by atoms with E-state index in [1.165, 1.54) is 25.1 Å². The van der Waals surface area contributed by atoms with Crippen LogP contribution in [0.2, 0.25) is 0 Å². The highest BCUT2D eigenvalue weighted by Crippen LogP contribution is 2.35. The molecule has 96 valence electrons. The highest BCUT2D eigenvalue weighted by molar-refractivity contribution is 5.50. The summed E-state index contributed by atoms with van der Waals surface area (Å²) in [5.74, 6) is 2.80. The van der Waals surface area contributed by atoms with E-state index in [-0.39, 0.29) is 0 Å². The predicted octanol–water partition coefficient (Wildman–Crippen LogP) is 3.57. The van der Waals surface area contributed by atoms with Gasteiger partial charge in [-0.15, -0.1) is 0 Å². The minimum atomic E-state index is 0.600. The van der Waals surface area contributed by atoms with Crippen LogP contribution >= 0.6 is 0 Å². The zero-order valence-corrected chi connectivity index (χ0v) is 11.1. The van der Waals surface area contributed by atoms with Gasteiger partial charge in [-0.2, -0.15) is 0 Å². The molecule has 0 saturated heterocycles. The first-order chi connectivity index (χ1) is 8.79. The maximum Gasteiger partial charge on any atom is 0.138 e. The first-order valence-corrected chi connectivity index (χ1v) is 6.98. The molecule has 3 heteroatoms. The SMILES string of the molecule is CCC1CCC(Nc2cccc3nccn23)C1C. The van der Waals surface area contributed by atoms with E-state index in [1.54, 1.807) is 0 Å². The van der Waals surface area contributed by atoms with Gasteiger partial charge in [0, 0.05) is 18.4 Å². The molecule has 0 bridgehead atoms. The van der Waals surface area contributed by atoms with Gasteiger partial charge in [-0.1, -0.05) is 26.3 Å². The van der Waals surface area contributed by atoms with Crippen LogP contribution in [0.4, 0.5) is 5.82 Å². The van der Waals surface area contributed by atoms with Crippen LogP contribution in [0.5, 0.6) is 0 Å². The maximum atomic E-state index is 4.33. The highest BCUT2D eigenvalue weighted by Gasteiger charge is 2.31. The fraction of sp³-hybridized carbons (Fsp3) is 0.533. The molecule has 3 nitrogen and oxygen atoms in total. The van der Waals surface area contributed by atoms with E-state index in [9.17, 15) is 0 Å². The second-order valence-corrected chi connectivity index (χ2v) is 5.42. The monoisotopic (exact) mass is 243 g/mol. The normalized spacial score (nSPS) is 27.8. The molecule has 1 aliphatic carbocycles. The van der Waals surface area contributed by atoms with Gasteiger partial charge < -0.3 is 5.32 Å². The zero-order valence-electron chi connectivity index (χ0n) is 11.1. The molecule has 0 radical (unpaired) electrons. The number of rotatable bonds is 3. The van der Waals surface area contributed by atoms with Gasteiger partial charge >= 0.3 is 0 Å². The summed E-state index contributed by atoms with van der Waals surface area (Å²) in [7, 11) is 0. The molecule has 18 heavy (non-hydrogen) atoms. The van der Waals surface area contributed by atoms with Crippen LogP contribution in [0.1, 0.15) is 33.1 Å². The lowest BCUT2D eigenvalue weighted by Crippen LogP contribution is -2.25. The minimum Gasteiger partial charge on any atom is -0.368 e. The topological polar surface area (TPSA) is 29.3 Å². The summed E-state index contributed by atoms with van der Waals surface area (Å²) in [5.41, 5.74) is 1.01. The van der Waals surface area contributed by atoms with Gasteiger partial charge in [-0.05, 0) is 36.8 Å². The van der Waals surface area contributed by atoms with E-state index in [1.807, 2.05) is 18.5 Å². The standard InChI is InChI=1S/C15H21N3/c1-3-12-7-8-13(11(12)2)17-15-6-4-5-14-16-9-10-18(14)15/h4-6,9-13,17H,3,7-8H2,1-2H3. The number of anilines is 1. The third-order valence-electron chi connectivity index (χ3n) is 4.51. The van der Waals surface area contributed by atoms with Crippen molar-refractivity contribution in [3.8, 4) is 0 Å². The Morgan fingerprint density at radius 3 is 3.06 bits per heavy atom. The first-order valence-electron chi connectivity index (χ1n) is 6.98. The van der Waals surface area contributed by atoms with E-state index in [0.29, 0.717) is 6.04 Å². The fourth-order valence-electron chi connectivity index (χ4n) is 3.28. The molecule has 2 aromatic heterocycles. The summed E-state index contributed by atoms with van der Waals surface area (Å²) in [5, 5.41) is 3.71. The largest absolute Gasteiger partial charge is 0.368 e. The summed E-state index contributed by atoms with van der Waals surface area (Å²) in [6, 6.07) is 6.85. The molecule has 1 saturated carbocycles. The molecule has 2 aromatic rings. The maximum absolute atomic E-state index is 4.33. The quantitative estimate of drug-likeness (QED) is 0.893. The Kier molecular flexibility index (Phi) is 2.98. The molecule has 3 unspecified atom stereocenters. The van der Waals surface area contributed by atoms with Gasteiger partial charge in [0.25, 0.3) is 0 Å². The van der Waals surface area contributed by atoms with Crippen molar-refractivity contribution in [3.05, 3.63) is 30.6 Å². The Hall–Kier alpha value is -1.51. The van der Waals surface area contributed by atoms with Crippen molar-refractivity contribution in [3.63, 3.8) is 0 Å². The van der Waals surface area contributed by atoms with Gasteiger partial charge in [0.1, 0.15) is 11.5 Å². The van der Waals surface area contributed by atoms with Crippen LogP contribution in [-0.2, 0) is 0 Å². The van der Waals surface area contributed by atoms with Gasteiger partial charge in [0.2, 0.25) is 0 Å². The smallest absolute Gasteiger partial charge is 0.138 e. The third-order valence-corrected chi connectivity index (χ3v) is 4.51. The van der Waals surface area contributed by atoms with E-state index < -0.39 is 0 Å². The van der Waals surface area contributed by atoms with E-state index >= 15 is 0 Å². The van der Waals surface area contributed by atoms with E-state index in [4.69, 9.17) is 0 Å². The molecule has 0 aliphatic heterocycles. The molecule has 3 atom stereocenters. The molecule has 1 aliphatic rings. The summed E-state index contributed by atoms with van der Waals surface area (Å²) < 4.78 is 2.13. The number of imidazole rings is 1. The average molecular weight is 243 g/mol. The van der Waals surface area contributed by atoms with Gasteiger partial charge in [0.05, 0.1) is 0 Å². The van der Waals surface area contributed by atoms with Crippen LogP contribution in [0.3, 0.4) is 0 Å². The van der Waals surface area contributed by atoms with Crippen molar-refractivity contribution in [2.45, 2.75) is 39.2 Å². The molecule has 2 heterocycles. The minimum absolute atomic E-state index is 0.600. The molecule has 3 rings (SSSR count). The molecule has 0 amide bonds. The number of hydrogen-bond acceptors (Lipinski definition) is 2. The fourth-order valence-corrected chi connectivity index (χ4v) is 3.28. The Labute approximate surface area is 108 Å². The number of aromatic nitrogens is 2. The number of fused-ring (bicyclic) bond motifs is 1. The Morgan fingerprint density at radius 1 is 1.39 bits per heavy atom. The Morgan fingerprint density at radius 2 is 2.28 bits per heavy atom. The molecule has 1 N–H and O–H groups in total. The first kappa shape index (κ1) is 11.6. The van der Waals surface area contributed by atoms with Gasteiger partial charge in [-0.3, -0.25) is 4.40 Å². The molecule has 0 aromatic carbocycles. The van der Waals surface area contributed by atoms with Crippen molar-refractivity contribution in [2.24, 2.45) is 11.8 Å². The zero-order chi connectivity index (χ0) is 12.5. The lowest BCUT2D eigenvalue weighted by atomic mass is 9.93. The molecule has 0 spiro atoms. The summed E-state index contributed by atoms with van der Waals surface area (Å²) >= 11 is 0.